The van der Waals surface area contributed by atoms with E-state index in [1.807, 2.05) is 13.8 Å². The summed E-state index contributed by atoms with van der Waals surface area (Å²) < 4.78 is 49.8. The topological polar surface area (TPSA) is 102 Å². The van der Waals surface area contributed by atoms with E-state index in [0.29, 0.717) is 6.42 Å². The molecule has 0 spiro atoms. The van der Waals surface area contributed by atoms with Crippen molar-refractivity contribution in [1.29, 1.82) is 0 Å². The number of hydrogen-bond acceptors (Lipinski definition) is 5. The Morgan fingerprint density at radius 3 is 2.23 bits per heavy atom. The van der Waals surface area contributed by atoms with Crippen molar-refractivity contribution < 1.29 is 37.4 Å². The minimum absolute atomic E-state index is 0.0334. The number of carboxylic acid groups (broad SMARTS) is 1. The first-order valence-corrected chi connectivity index (χ1v) is 13.6. The molecular weight excluding hydrogens is 574 g/mol. The zero-order valence-corrected chi connectivity index (χ0v) is 23.7. The summed E-state index contributed by atoms with van der Waals surface area (Å²) in [5.41, 5.74) is -3.45. The second kappa shape index (κ2) is 11.0. The van der Waals surface area contributed by atoms with E-state index in [-0.39, 0.29) is 47.8 Å². The van der Waals surface area contributed by atoms with Crippen LogP contribution in [0, 0.1) is 5.41 Å². The number of aliphatic carboxylic acids is 1. The SMILES string of the molecule is CC1(C)C[C@H](CN(CC(=O)c2c(Cl)cccc2Cl)C(=O)c2cnn(C3CCC(C)(C(=O)O)CC3)c2C(F)(F)F)O1. The van der Waals surface area contributed by atoms with Crippen LogP contribution < -0.4 is 0 Å². The first-order chi connectivity index (χ1) is 18.5. The van der Waals surface area contributed by atoms with Gasteiger partial charge in [0.1, 0.15) is 0 Å². The second-order valence-corrected chi connectivity index (χ2v) is 12.2. The summed E-state index contributed by atoms with van der Waals surface area (Å²) >= 11 is 12.3. The van der Waals surface area contributed by atoms with E-state index in [4.69, 9.17) is 27.9 Å². The van der Waals surface area contributed by atoms with Crippen molar-refractivity contribution in [3.8, 4) is 0 Å². The first-order valence-electron chi connectivity index (χ1n) is 12.8. The number of alkyl halides is 3. The number of ketones is 1. The molecule has 2 heterocycles. The van der Waals surface area contributed by atoms with Gasteiger partial charge in [0.15, 0.2) is 11.5 Å². The van der Waals surface area contributed by atoms with Gasteiger partial charge >= 0.3 is 12.1 Å². The lowest BCUT2D eigenvalue weighted by Gasteiger charge is -2.44. The maximum Gasteiger partial charge on any atom is 0.433 e. The summed E-state index contributed by atoms with van der Waals surface area (Å²) in [6.45, 7) is 4.55. The maximum atomic E-state index is 14.4. The number of ether oxygens (including phenoxy) is 1. The van der Waals surface area contributed by atoms with Gasteiger partial charge in [-0.25, -0.2) is 0 Å². The summed E-state index contributed by atoms with van der Waals surface area (Å²) in [4.78, 5) is 39.5. The summed E-state index contributed by atoms with van der Waals surface area (Å²) in [6, 6.07) is 3.72. The number of amides is 1. The van der Waals surface area contributed by atoms with Crippen molar-refractivity contribution in [2.75, 3.05) is 13.1 Å². The van der Waals surface area contributed by atoms with E-state index in [1.165, 1.54) is 12.1 Å². The van der Waals surface area contributed by atoms with Crippen LogP contribution in [0.5, 0.6) is 0 Å². The van der Waals surface area contributed by atoms with E-state index in [9.17, 15) is 32.7 Å². The number of benzene rings is 1. The Morgan fingerprint density at radius 2 is 1.73 bits per heavy atom. The number of aromatic nitrogens is 2. The highest BCUT2D eigenvalue weighted by molar-refractivity contribution is 6.40. The van der Waals surface area contributed by atoms with E-state index in [0.717, 1.165) is 15.8 Å². The minimum atomic E-state index is -4.94. The molecule has 0 radical (unpaired) electrons. The Kier molecular flexibility index (Phi) is 8.33. The third kappa shape index (κ3) is 6.16. The van der Waals surface area contributed by atoms with Gasteiger partial charge in [-0.2, -0.15) is 18.3 Å². The monoisotopic (exact) mass is 603 g/mol. The normalized spacial score (nSPS) is 24.3. The molecule has 1 aromatic carbocycles. The molecule has 40 heavy (non-hydrogen) atoms. The largest absolute Gasteiger partial charge is 0.481 e. The average molecular weight is 604 g/mol. The van der Waals surface area contributed by atoms with E-state index >= 15 is 0 Å². The third-order valence-electron chi connectivity index (χ3n) is 7.71. The van der Waals surface area contributed by atoms with Crippen LogP contribution in [-0.4, -0.2) is 62.2 Å². The van der Waals surface area contributed by atoms with Crippen LogP contribution in [-0.2, 0) is 15.7 Å². The van der Waals surface area contributed by atoms with Gasteiger partial charge in [-0.05, 0) is 58.6 Å². The molecule has 2 aromatic rings. The zero-order chi connectivity index (χ0) is 29.6. The number of carboxylic acids is 1. The molecule has 1 saturated heterocycles. The zero-order valence-electron chi connectivity index (χ0n) is 22.2. The molecule has 8 nitrogen and oxygen atoms in total. The smallest absolute Gasteiger partial charge is 0.433 e. The van der Waals surface area contributed by atoms with Crippen LogP contribution in [0.15, 0.2) is 24.4 Å². The van der Waals surface area contributed by atoms with Crippen molar-refractivity contribution in [2.45, 2.75) is 76.8 Å². The fourth-order valence-corrected chi connectivity index (χ4v) is 6.13. The van der Waals surface area contributed by atoms with Crippen LogP contribution in [0.25, 0.3) is 0 Å². The summed E-state index contributed by atoms with van der Waals surface area (Å²) in [5.74, 6) is -2.67. The van der Waals surface area contributed by atoms with Crippen molar-refractivity contribution in [3.05, 3.63) is 51.3 Å². The Balaban J connectivity index is 1.65. The van der Waals surface area contributed by atoms with Crippen LogP contribution >= 0.6 is 23.2 Å². The van der Waals surface area contributed by atoms with Gasteiger partial charge in [0.2, 0.25) is 0 Å². The van der Waals surface area contributed by atoms with Gasteiger partial charge < -0.3 is 14.7 Å². The molecule has 0 bridgehead atoms. The molecule has 1 atom stereocenters. The molecule has 2 fully saturated rings. The molecule has 1 amide bonds. The highest BCUT2D eigenvalue weighted by Gasteiger charge is 2.46. The third-order valence-corrected chi connectivity index (χ3v) is 8.34. The molecule has 13 heteroatoms. The van der Waals surface area contributed by atoms with Crippen molar-refractivity contribution in [1.82, 2.24) is 14.7 Å². The molecule has 1 saturated carbocycles. The Bertz CT molecular complexity index is 1290. The number of rotatable bonds is 8. The van der Waals surface area contributed by atoms with Crippen molar-refractivity contribution in [3.63, 3.8) is 0 Å². The molecule has 0 unspecified atom stereocenters. The molecule has 2 aliphatic rings. The lowest BCUT2D eigenvalue weighted by Crippen LogP contribution is -2.53. The predicted octanol–water partition coefficient (Wildman–Crippen LogP) is 6.31. The summed E-state index contributed by atoms with van der Waals surface area (Å²) in [6.07, 6.45) is -3.38. The Hall–Kier alpha value is -2.63. The van der Waals surface area contributed by atoms with Gasteiger partial charge in [0, 0.05) is 13.0 Å². The van der Waals surface area contributed by atoms with Crippen LogP contribution in [0.4, 0.5) is 13.2 Å². The second-order valence-electron chi connectivity index (χ2n) is 11.4. The van der Waals surface area contributed by atoms with E-state index in [2.05, 4.69) is 5.10 Å². The van der Waals surface area contributed by atoms with Crippen molar-refractivity contribution in [2.24, 2.45) is 5.41 Å². The molecule has 1 N–H and O–H groups in total. The lowest BCUT2D eigenvalue weighted by atomic mass is 9.74. The molecule has 1 aromatic heterocycles. The fourth-order valence-electron chi connectivity index (χ4n) is 5.52. The number of halogens is 5. The molecular formula is C27H30Cl2F3N3O5. The van der Waals surface area contributed by atoms with Crippen molar-refractivity contribution >= 4 is 40.9 Å². The van der Waals surface area contributed by atoms with Crippen LogP contribution in [0.3, 0.4) is 0 Å². The number of nitrogens with zero attached hydrogens (tertiary/aromatic N) is 3. The van der Waals surface area contributed by atoms with Crippen LogP contribution in [0.2, 0.25) is 10.0 Å². The summed E-state index contributed by atoms with van der Waals surface area (Å²) in [7, 11) is 0. The van der Waals surface area contributed by atoms with Crippen LogP contribution in [0.1, 0.15) is 85.3 Å². The first kappa shape index (κ1) is 30.3. The Labute approximate surface area is 239 Å². The Morgan fingerprint density at radius 1 is 1.15 bits per heavy atom. The minimum Gasteiger partial charge on any atom is -0.481 e. The van der Waals surface area contributed by atoms with E-state index in [1.54, 1.807) is 13.0 Å². The summed E-state index contributed by atoms with van der Waals surface area (Å²) in [5, 5.41) is 13.5. The molecule has 1 aliphatic carbocycles. The fraction of sp³-hybridized carbons (Fsp3) is 0.556. The highest BCUT2D eigenvalue weighted by Crippen LogP contribution is 2.43. The number of carbonyl (C=O) groups is 3. The lowest BCUT2D eigenvalue weighted by molar-refractivity contribution is -0.187. The number of carbonyl (C=O) groups excluding carboxylic acids is 2. The average Bonchev–Trinajstić information content (AvgIpc) is 3.28. The van der Waals surface area contributed by atoms with Gasteiger partial charge in [0.05, 0.1) is 57.1 Å². The maximum absolute atomic E-state index is 14.4. The number of Topliss-reactive ketones (excluding diaryl/α,β-unsaturated/α-hetero) is 1. The van der Waals surface area contributed by atoms with Gasteiger partial charge in [-0.3, -0.25) is 19.1 Å². The predicted molar refractivity (Wildman–Crippen MR) is 141 cm³/mol. The van der Waals surface area contributed by atoms with Gasteiger partial charge in [-0.1, -0.05) is 29.3 Å². The molecule has 218 valence electrons. The number of hydrogen-bond donors (Lipinski definition) is 1. The highest BCUT2D eigenvalue weighted by atomic mass is 35.5. The van der Waals surface area contributed by atoms with Gasteiger partial charge in [0.25, 0.3) is 5.91 Å². The molecule has 4 rings (SSSR count). The molecule has 1 aliphatic heterocycles. The van der Waals surface area contributed by atoms with Gasteiger partial charge in [-0.15, -0.1) is 0 Å². The quantitative estimate of drug-likeness (QED) is 0.355. The van der Waals surface area contributed by atoms with E-state index < -0.39 is 64.8 Å². The standard InChI is InChI=1S/C27H30Cl2F3N3O5/c1-25(2)11-16(40-25)13-34(14-20(36)21-18(28)5-4-6-19(21)29)23(37)17-12-33-35(22(17)27(30,31)32)15-7-9-26(3,10-8-15)24(38)39/h4-6,12,15-16H,7-11,13-14H2,1-3H3,(H,38,39)/t15?,16-,26?/m1/s1.